The highest BCUT2D eigenvalue weighted by Gasteiger charge is 2.18. The van der Waals surface area contributed by atoms with Crippen LogP contribution in [0.4, 0.5) is 0 Å². The molecule has 172 valence electrons. The van der Waals surface area contributed by atoms with Gasteiger partial charge in [-0.3, -0.25) is 0 Å². The molecule has 7 aromatic carbocycles. The molecular weight excluding hydrogens is 448 g/mol. The molecule has 8 rings (SSSR count). The van der Waals surface area contributed by atoms with Crippen LogP contribution in [0.1, 0.15) is 24.7 Å². The molecule has 0 radical (unpaired) electrons. The zero-order valence-electron chi connectivity index (χ0n) is 36.7. The average Bonchev–Trinajstić information content (AvgIpc) is 3.56. The van der Waals surface area contributed by atoms with Crippen molar-refractivity contribution < 1.29 is 29.1 Å². The molecule has 0 N–H and O–H groups in total. The van der Waals surface area contributed by atoms with E-state index in [0.717, 1.165) is 0 Å². The van der Waals surface area contributed by atoms with Crippen molar-refractivity contribution in [3.05, 3.63) is 133 Å². The molecule has 1 nitrogen and oxygen atoms in total. The molecule has 0 aliphatic heterocycles. The summed E-state index contributed by atoms with van der Waals surface area (Å²) in [6.07, 6.45) is 0. The minimum atomic E-state index is -0.707. The Bertz CT molecular complexity index is 3030. The Morgan fingerprint density at radius 3 is 1.73 bits per heavy atom. The van der Waals surface area contributed by atoms with Gasteiger partial charge in [-0.25, -0.2) is 0 Å². The molecule has 1 aromatic heterocycles. The summed E-state index contributed by atoms with van der Waals surface area (Å²) in [5.74, 6) is 0. The van der Waals surface area contributed by atoms with E-state index in [-0.39, 0.29) is 84.0 Å². The fourth-order valence-electron chi connectivity index (χ4n) is 4.73. The van der Waals surface area contributed by atoms with Crippen LogP contribution in [-0.4, -0.2) is 0 Å². The molecule has 0 saturated carbocycles. The first-order valence-electron chi connectivity index (χ1n) is 20.2. The lowest BCUT2D eigenvalue weighted by Crippen LogP contribution is -1.90. The van der Waals surface area contributed by atoms with Gasteiger partial charge in [-0.15, -0.1) is 0 Å². The summed E-state index contributed by atoms with van der Waals surface area (Å²) < 4.78 is 164. The van der Waals surface area contributed by atoms with E-state index in [4.69, 9.17) is 25.0 Å². The third kappa shape index (κ3) is 2.98. The van der Waals surface area contributed by atoms with Gasteiger partial charge in [0.25, 0.3) is 0 Å². The first-order valence-corrected chi connectivity index (χ1v) is 11.2. The Labute approximate surface area is 239 Å². The Balaban J connectivity index is 1.66. The van der Waals surface area contributed by atoms with Crippen molar-refractivity contribution in [2.75, 3.05) is 0 Å². The van der Waals surface area contributed by atoms with Crippen molar-refractivity contribution in [3.8, 4) is 22.3 Å². The van der Waals surface area contributed by atoms with E-state index in [0.29, 0.717) is 0 Å². The van der Waals surface area contributed by atoms with E-state index >= 15 is 0 Å². The smallest absolute Gasteiger partial charge is 0.143 e. The van der Waals surface area contributed by atoms with Crippen molar-refractivity contribution >= 4 is 54.3 Å². The predicted octanol–water partition coefficient (Wildman–Crippen LogP) is 10.4. The number of furan rings is 1. The summed E-state index contributed by atoms with van der Waals surface area (Å²) in [6.45, 7) is 0. The quantitative estimate of drug-likeness (QED) is 0.221. The molecule has 0 fully saturated rings. The second kappa shape index (κ2) is 7.81. The van der Waals surface area contributed by atoms with Crippen molar-refractivity contribution in [3.63, 3.8) is 0 Å². The normalized spacial score (nSPS) is 18.6. The third-order valence-corrected chi connectivity index (χ3v) is 6.26. The minimum absolute atomic E-state index is 0.183. The van der Waals surface area contributed by atoms with Crippen molar-refractivity contribution in [2.45, 2.75) is 0 Å². The highest BCUT2D eigenvalue weighted by Crippen LogP contribution is 2.44. The summed E-state index contributed by atoms with van der Waals surface area (Å²) in [4.78, 5) is 0. The number of fused-ring (bicyclic) bond motifs is 7. The van der Waals surface area contributed by atoms with Crippen LogP contribution in [0.25, 0.3) is 76.5 Å². The zero-order valence-corrected chi connectivity index (χ0v) is 18.7. The molecule has 37 heavy (non-hydrogen) atoms. The third-order valence-electron chi connectivity index (χ3n) is 6.26. The molecule has 8 aromatic rings. The first-order chi connectivity index (χ1) is 25.8. The molecule has 0 bridgehead atoms. The van der Waals surface area contributed by atoms with E-state index < -0.39 is 101 Å². The maximum atomic E-state index is 9.51. The summed E-state index contributed by atoms with van der Waals surface area (Å²) >= 11 is 0. The van der Waals surface area contributed by atoms with Crippen LogP contribution in [0.2, 0.25) is 0 Å². The van der Waals surface area contributed by atoms with Gasteiger partial charge in [0.1, 0.15) is 11.2 Å². The minimum Gasteiger partial charge on any atom is -0.455 e. The van der Waals surface area contributed by atoms with E-state index in [2.05, 4.69) is 0 Å². The molecule has 0 aliphatic carbocycles. The lowest BCUT2D eigenvalue weighted by Gasteiger charge is -2.17. The largest absolute Gasteiger partial charge is 0.455 e. The van der Waals surface area contributed by atoms with Gasteiger partial charge in [-0.1, -0.05) is 115 Å². The van der Waals surface area contributed by atoms with Gasteiger partial charge in [0.2, 0.25) is 0 Å². The fourth-order valence-corrected chi connectivity index (χ4v) is 4.73. The van der Waals surface area contributed by atoms with Crippen LogP contribution in [0.15, 0.2) is 137 Å². The molecule has 0 atom stereocenters. The van der Waals surface area contributed by atoms with Crippen LogP contribution in [0.5, 0.6) is 0 Å². The van der Waals surface area contributed by atoms with E-state index in [9.17, 15) is 4.11 Å². The van der Waals surface area contributed by atoms with Gasteiger partial charge >= 0.3 is 0 Å². The molecule has 0 unspecified atom stereocenters. The Morgan fingerprint density at radius 1 is 0.432 bits per heavy atom. The number of hydrogen-bond acceptors (Lipinski definition) is 1. The lowest BCUT2D eigenvalue weighted by molar-refractivity contribution is 0.673. The van der Waals surface area contributed by atoms with Gasteiger partial charge < -0.3 is 4.42 Å². The molecule has 0 spiro atoms. The monoisotopic (exact) mass is 488 g/mol. The average molecular weight is 489 g/mol. The summed E-state index contributed by atoms with van der Waals surface area (Å²) in [6, 6.07) is -5.40. The summed E-state index contributed by atoms with van der Waals surface area (Å²) in [7, 11) is 0. The number of hydrogen-bond donors (Lipinski definition) is 0. The van der Waals surface area contributed by atoms with Gasteiger partial charge in [0, 0.05) is 16.2 Å². The topological polar surface area (TPSA) is 13.1 Å². The van der Waals surface area contributed by atoms with Crippen LogP contribution in [-0.2, 0) is 0 Å². The molecule has 0 amide bonds. The Kier molecular flexibility index (Phi) is 2.01. The van der Waals surface area contributed by atoms with Crippen LogP contribution in [0.3, 0.4) is 0 Å². The zero-order chi connectivity index (χ0) is 40.0. The van der Waals surface area contributed by atoms with Gasteiger partial charge in [0.05, 0.1) is 24.7 Å². The Hall–Kier alpha value is -4.88. The number of rotatable bonds is 2. The van der Waals surface area contributed by atoms with Gasteiger partial charge in [-0.2, -0.15) is 0 Å². The highest BCUT2D eigenvalue weighted by atomic mass is 16.3. The fraction of sp³-hybridized carbons (Fsp3) is 0. The van der Waals surface area contributed by atoms with E-state index in [1.54, 1.807) is 0 Å². The van der Waals surface area contributed by atoms with Gasteiger partial charge in [0.15, 0.2) is 0 Å². The van der Waals surface area contributed by atoms with Crippen molar-refractivity contribution in [1.82, 2.24) is 0 Å². The summed E-state index contributed by atoms with van der Waals surface area (Å²) in [5, 5.41) is -1.86. The molecular formula is C36H22O. The second-order valence-corrected chi connectivity index (χ2v) is 8.25. The Morgan fingerprint density at radius 2 is 1.03 bits per heavy atom. The molecule has 1 heteroatoms. The standard InChI is InChI=1S/C36H22O/c1-2-11-24(12-3-1)34-28-14-6-8-16-30(28)35(31-17-9-7-15-29(31)34)25-19-20-27-32-21-18-23-10-4-5-13-26(23)36(32)37-33(27)22-25/h1-22H/i1D,2D,3D,4D,5D,10D,11D,12D,13D,14D,15D,16D,17D,18D,19D,20D,21D,22D. The van der Waals surface area contributed by atoms with E-state index in [1.807, 2.05) is 0 Å². The lowest BCUT2D eigenvalue weighted by atomic mass is 9.86. The predicted molar refractivity (Wildman–Crippen MR) is 157 cm³/mol. The van der Waals surface area contributed by atoms with Crippen LogP contribution < -0.4 is 0 Å². The first kappa shape index (κ1) is 9.53. The summed E-state index contributed by atoms with van der Waals surface area (Å²) in [5.41, 5.74) is -1.97. The molecule has 0 aliphatic rings. The number of benzene rings is 7. The van der Waals surface area contributed by atoms with Crippen molar-refractivity contribution in [1.29, 1.82) is 0 Å². The van der Waals surface area contributed by atoms with E-state index in [1.165, 1.54) is 24.3 Å². The second-order valence-electron chi connectivity index (χ2n) is 8.25. The van der Waals surface area contributed by atoms with Gasteiger partial charge in [-0.05, 0) is 67.3 Å². The maximum Gasteiger partial charge on any atom is 0.143 e. The molecule has 1 heterocycles. The van der Waals surface area contributed by atoms with Crippen molar-refractivity contribution in [2.24, 2.45) is 0 Å². The van der Waals surface area contributed by atoms with Crippen LogP contribution >= 0.6 is 0 Å². The molecule has 0 saturated heterocycles. The van der Waals surface area contributed by atoms with Crippen LogP contribution in [0, 0.1) is 0 Å². The SMILES string of the molecule is [2H]c1c([2H])c([2H])c(-c2c3c([2H])ccc([2H])c3c(-c3c([2H])c([2H])c4c(oc5c6c([2H])c([2H])c([2H])c([2H])c6c([2H])c([2H])c54)c3[2H])c3c([2H])ccc([2H])c23)c([2H])c1[2H]. The maximum absolute atomic E-state index is 9.51. The highest BCUT2D eigenvalue weighted by molar-refractivity contribution is 6.22.